The summed E-state index contributed by atoms with van der Waals surface area (Å²) in [5.41, 5.74) is 1.19. The molecule has 0 saturated heterocycles. The van der Waals surface area contributed by atoms with Gasteiger partial charge in [0.2, 0.25) is 5.88 Å². The molecule has 2 aromatic heterocycles. The Morgan fingerprint density at radius 3 is 2.86 bits per heavy atom. The van der Waals surface area contributed by atoms with Crippen LogP contribution in [0.4, 0.5) is 0 Å². The first-order chi connectivity index (χ1) is 10.1. The highest BCUT2D eigenvalue weighted by Crippen LogP contribution is 2.25. The highest BCUT2D eigenvalue weighted by atomic mass is 16.5. The predicted octanol–water partition coefficient (Wildman–Crippen LogP) is 3.96. The van der Waals surface area contributed by atoms with Crippen LogP contribution in [0.2, 0.25) is 0 Å². The zero-order valence-electron chi connectivity index (χ0n) is 12.6. The van der Waals surface area contributed by atoms with Gasteiger partial charge >= 0.3 is 0 Å². The van der Waals surface area contributed by atoms with E-state index in [0.717, 1.165) is 23.4 Å². The molecule has 0 radical (unpaired) electrons. The van der Waals surface area contributed by atoms with Crippen molar-refractivity contribution in [3.63, 3.8) is 0 Å². The minimum atomic E-state index is 0.529. The van der Waals surface area contributed by atoms with Crippen molar-refractivity contribution >= 4 is 10.9 Å². The van der Waals surface area contributed by atoms with Gasteiger partial charge in [0.15, 0.2) is 0 Å². The van der Waals surface area contributed by atoms with Gasteiger partial charge < -0.3 is 9.30 Å². The Morgan fingerprint density at radius 1 is 1.19 bits per heavy atom. The molecule has 0 aliphatic carbocycles. The lowest BCUT2D eigenvalue weighted by atomic mass is 10.1. The van der Waals surface area contributed by atoms with E-state index in [1.54, 1.807) is 12.3 Å². The molecule has 0 aliphatic heterocycles. The van der Waals surface area contributed by atoms with Crippen LogP contribution in [0, 0.1) is 5.92 Å². The molecule has 3 aromatic rings. The lowest BCUT2D eigenvalue weighted by molar-refractivity contribution is 0.456. The smallest absolute Gasteiger partial charge is 0.222 e. The lowest BCUT2D eigenvalue weighted by Crippen LogP contribution is -2.01. The third-order valence-corrected chi connectivity index (χ3v) is 3.35. The van der Waals surface area contributed by atoms with Gasteiger partial charge in [-0.15, -0.1) is 0 Å². The number of ether oxygens (including phenoxy) is 1. The quantitative estimate of drug-likeness (QED) is 0.726. The minimum absolute atomic E-state index is 0.529. The summed E-state index contributed by atoms with van der Waals surface area (Å²) in [6.07, 6.45) is 4.65. The average molecular weight is 281 g/mol. The van der Waals surface area contributed by atoms with Gasteiger partial charge in [-0.05, 0) is 30.2 Å². The monoisotopic (exact) mass is 281 g/mol. The number of hydrogen-bond donors (Lipinski definition) is 0. The number of hydrogen-bond acceptors (Lipinski definition) is 3. The van der Waals surface area contributed by atoms with Gasteiger partial charge in [0.05, 0.1) is 0 Å². The maximum atomic E-state index is 5.86. The van der Waals surface area contributed by atoms with Gasteiger partial charge in [0, 0.05) is 42.8 Å². The van der Waals surface area contributed by atoms with Gasteiger partial charge in [0.25, 0.3) is 0 Å². The second-order valence-corrected chi connectivity index (χ2v) is 5.66. The van der Waals surface area contributed by atoms with E-state index in [2.05, 4.69) is 40.5 Å². The normalized spacial score (nSPS) is 11.2. The molecule has 0 fully saturated rings. The largest absolute Gasteiger partial charge is 0.439 e. The molecule has 2 heterocycles. The average Bonchev–Trinajstić information content (AvgIpc) is 2.80. The molecule has 0 unspecified atom stereocenters. The van der Waals surface area contributed by atoms with Crippen molar-refractivity contribution in [3.05, 3.63) is 48.5 Å². The second-order valence-electron chi connectivity index (χ2n) is 5.66. The topological polar surface area (TPSA) is 39.9 Å². The van der Waals surface area contributed by atoms with Crippen LogP contribution < -0.4 is 4.74 Å². The Labute approximate surface area is 124 Å². The van der Waals surface area contributed by atoms with Crippen molar-refractivity contribution in [1.29, 1.82) is 0 Å². The van der Waals surface area contributed by atoms with Crippen LogP contribution in [0.15, 0.2) is 42.7 Å². The molecule has 108 valence electrons. The number of aryl methyl sites for hydroxylation is 1. The van der Waals surface area contributed by atoms with Crippen molar-refractivity contribution in [2.75, 3.05) is 0 Å². The fourth-order valence-corrected chi connectivity index (χ4v) is 2.34. The molecule has 3 rings (SSSR count). The first-order valence-corrected chi connectivity index (χ1v) is 7.16. The Hall–Kier alpha value is -2.36. The third kappa shape index (κ3) is 3.05. The number of rotatable bonds is 4. The highest BCUT2D eigenvalue weighted by Gasteiger charge is 2.05. The molecular weight excluding hydrogens is 262 g/mol. The van der Waals surface area contributed by atoms with E-state index >= 15 is 0 Å². The van der Waals surface area contributed by atoms with Gasteiger partial charge in [-0.1, -0.05) is 13.8 Å². The Bertz CT molecular complexity index is 762. The molecule has 21 heavy (non-hydrogen) atoms. The first-order valence-electron chi connectivity index (χ1n) is 7.16. The van der Waals surface area contributed by atoms with Crippen LogP contribution in [-0.2, 0) is 13.5 Å². The zero-order chi connectivity index (χ0) is 14.8. The van der Waals surface area contributed by atoms with E-state index in [1.807, 2.05) is 25.4 Å². The van der Waals surface area contributed by atoms with Crippen molar-refractivity contribution in [1.82, 2.24) is 14.5 Å². The molecule has 0 amide bonds. The fraction of sp³-hybridized carbons (Fsp3) is 0.294. The number of benzene rings is 1. The predicted molar refractivity (Wildman–Crippen MR) is 83.6 cm³/mol. The summed E-state index contributed by atoms with van der Waals surface area (Å²) < 4.78 is 7.95. The van der Waals surface area contributed by atoms with Crippen molar-refractivity contribution in [2.24, 2.45) is 13.0 Å². The molecule has 0 bridgehead atoms. The van der Waals surface area contributed by atoms with E-state index in [9.17, 15) is 0 Å². The van der Waals surface area contributed by atoms with Crippen molar-refractivity contribution in [2.45, 2.75) is 20.3 Å². The molecule has 0 saturated carbocycles. The Kier molecular flexibility index (Phi) is 3.60. The SMILES string of the molecule is CC(C)Cc1nccc(Oc2ccc3c(ccn3C)c2)n1. The summed E-state index contributed by atoms with van der Waals surface area (Å²) in [6, 6.07) is 9.92. The number of fused-ring (bicyclic) bond motifs is 1. The molecule has 1 aromatic carbocycles. The van der Waals surface area contributed by atoms with E-state index < -0.39 is 0 Å². The van der Waals surface area contributed by atoms with Gasteiger partial charge in [-0.2, -0.15) is 4.98 Å². The summed E-state index contributed by atoms with van der Waals surface area (Å²) in [7, 11) is 2.03. The summed E-state index contributed by atoms with van der Waals surface area (Å²) in [5, 5.41) is 1.16. The van der Waals surface area contributed by atoms with Crippen LogP contribution >= 0.6 is 0 Å². The van der Waals surface area contributed by atoms with Crippen molar-refractivity contribution < 1.29 is 4.74 Å². The third-order valence-electron chi connectivity index (χ3n) is 3.35. The van der Waals surface area contributed by atoms with E-state index in [0.29, 0.717) is 11.8 Å². The van der Waals surface area contributed by atoms with E-state index in [-0.39, 0.29) is 0 Å². The van der Waals surface area contributed by atoms with Crippen LogP contribution in [0.25, 0.3) is 10.9 Å². The fourth-order valence-electron chi connectivity index (χ4n) is 2.34. The van der Waals surface area contributed by atoms with E-state index in [4.69, 9.17) is 4.74 Å². The molecule has 0 atom stereocenters. The number of aromatic nitrogens is 3. The zero-order valence-corrected chi connectivity index (χ0v) is 12.6. The van der Waals surface area contributed by atoms with Crippen molar-refractivity contribution in [3.8, 4) is 11.6 Å². The molecule has 0 N–H and O–H groups in total. The van der Waals surface area contributed by atoms with E-state index in [1.165, 1.54) is 5.52 Å². The Morgan fingerprint density at radius 2 is 2.05 bits per heavy atom. The molecule has 0 spiro atoms. The molecule has 4 heteroatoms. The maximum Gasteiger partial charge on any atom is 0.222 e. The summed E-state index contributed by atoms with van der Waals surface area (Å²) >= 11 is 0. The number of nitrogens with zero attached hydrogens (tertiary/aromatic N) is 3. The first kappa shape index (κ1) is 13.6. The maximum absolute atomic E-state index is 5.86. The lowest BCUT2D eigenvalue weighted by Gasteiger charge is -2.07. The van der Waals surface area contributed by atoms with Crippen LogP contribution in [0.3, 0.4) is 0 Å². The molecule has 4 nitrogen and oxygen atoms in total. The van der Waals surface area contributed by atoms with Crippen LogP contribution in [-0.4, -0.2) is 14.5 Å². The summed E-state index contributed by atoms with van der Waals surface area (Å²) in [4.78, 5) is 8.73. The molecule has 0 aliphatic rings. The highest BCUT2D eigenvalue weighted by molar-refractivity contribution is 5.81. The van der Waals surface area contributed by atoms with Gasteiger partial charge in [-0.3, -0.25) is 0 Å². The van der Waals surface area contributed by atoms with Gasteiger partial charge in [-0.25, -0.2) is 4.98 Å². The minimum Gasteiger partial charge on any atom is -0.439 e. The van der Waals surface area contributed by atoms with Crippen LogP contribution in [0.5, 0.6) is 11.6 Å². The standard InChI is InChI=1S/C17H19N3O/c1-12(2)10-16-18-8-6-17(19-16)21-14-4-5-15-13(11-14)7-9-20(15)3/h4-9,11-12H,10H2,1-3H3. The van der Waals surface area contributed by atoms with Gasteiger partial charge in [0.1, 0.15) is 11.6 Å². The molecular formula is C17H19N3O. The van der Waals surface area contributed by atoms with Crippen LogP contribution in [0.1, 0.15) is 19.7 Å². The summed E-state index contributed by atoms with van der Waals surface area (Å²) in [5.74, 6) is 2.74. The second kappa shape index (κ2) is 5.56. The summed E-state index contributed by atoms with van der Waals surface area (Å²) in [6.45, 7) is 4.31. The Balaban J connectivity index is 1.84.